The van der Waals surface area contributed by atoms with Crippen molar-refractivity contribution in [3.8, 4) is 28.6 Å². The topological polar surface area (TPSA) is 78.9 Å². The number of aromatic nitrogens is 5. The number of hydrogen-bond acceptors (Lipinski definition) is 6. The highest BCUT2D eigenvalue weighted by Crippen LogP contribution is 2.28. The summed E-state index contributed by atoms with van der Waals surface area (Å²) in [6.45, 7) is 10.2. The van der Waals surface area contributed by atoms with Crippen LogP contribution in [0.2, 0.25) is 0 Å². The minimum Gasteiger partial charge on any atom is -0.491 e. The maximum atomic E-state index is 5.79. The molecule has 0 saturated heterocycles. The van der Waals surface area contributed by atoms with Gasteiger partial charge in [0.2, 0.25) is 5.82 Å². The second-order valence-electron chi connectivity index (χ2n) is 7.40. The van der Waals surface area contributed by atoms with Crippen LogP contribution in [-0.4, -0.2) is 31.2 Å². The molecule has 0 spiro atoms. The molecule has 4 rings (SSSR count). The van der Waals surface area contributed by atoms with Crippen molar-refractivity contribution in [2.45, 2.75) is 46.8 Å². The van der Waals surface area contributed by atoms with Crippen molar-refractivity contribution in [2.75, 3.05) is 0 Å². The van der Waals surface area contributed by atoms with E-state index in [1.807, 2.05) is 61.9 Å². The van der Waals surface area contributed by atoms with E-state index in [0.29, 0.717) is 11.7 Å². The van der Waals surface area contributed by atoms with Crippen LogP contribution in [0.1, 0.15) is 39.3 Å². The predicted molar refractivity (Wildman–Crippen MR) is 107 cm³/mol. The van der Waals surface area contributed by atoms with Crippen LogP contribution in [-0.2, 0) is 0 Å². The third kappa shape index (κ3) is 3.35. The molecule has 2 aromatic heterocycles. The van der Waals surface area contributed by atoms with E-state index >= 15 is 0 Å². The van der Waals surface area contributed by atoms with E-state index in [1.165, 1.54) is 0 Å². The highest BCUT2D eigenvalue weighted by atomic mass is 16.5. The van der Waals surface area contributed by atoms with Gasteiger partial charge < -0.3 is 9.26 Å². The van der Waals surface area contributed by atoms with Gasteiger partial charge in [-0.05, 0) is 76.6 Å². The molecule has 2 aromatic carbocycles. The number of fused-ring (bicyclic) bond motifs is 1. The van der Waals surface area contributed by atoms with E-state index in [2.05, 4.69) is 34.3 Å². The van der Waals surface area contributed by atoms with Crippen LogP contribution < -0.4 is 4.74 Å². The van der Waals surface area contributed by atoms with Gasteiger partial charge in [0.15, 0.2) is 0 Å². The average Bonchev–Trinajstić information content (AvgIpc) is 3.29. The third-order valence-electron chi connectivity index (χ3n) is 4.43. The Labute approximate surface area is 163 Å². The van der Waals surface area contributed by atoms with Gasteiger partial charge in [-0.2, -0.15) is 4.98 Å². The number of hydrogen-bond donors (Lipinski definition) is 0. The maximum absolute atomic E-state index is 5.79. The molecule has 2 heterocycles. The zero-order valence-corrected chi connectivity index (χ0v) is 16.7. The van der Waals surface area contributed by atoms with Crippen LogP contribution in [0.3, 0.4) is 0 Å². The number of benzene rings is 2. The van der Waals surface area contributed by atoms with Crippen molar-refractivity contribution in [2.24, 2.45) is 0 Å². The molecule has 0 amide bonds. The second kappa shape index (κ2) is 7.07. The summed E-state index contributed by atoms with van der Waals surface area (Å²) in [6, 6.07) is 12.0. The molecule has 0 unspecified atom stereocenters. The normalized spacial score (nSPS) is 11.7. The van der Waals surface area contributed by atoms with E-state index < -0.39 is 0 Å². The predicted octanol–water partition coefficient (Wildman–Crippen LogP) is 4.82. The summed E-state index contributed by atoms with van der Waals surface area (Å²) in [7, 11) is 0. The molecule has 7 heteroatoms. The van der Waals surface area contributed by atoms with Gasteiger partial charge in [-0.25, -0.2) is 4.68 Å². The Morgan fingerprint density at radius 2 is 1.79 bits per heavy atom. The molecule has 0 aliphatic carbocycles. The van der Waals surface area contributed by atoms with Crippen LogP contribution in [0.4, 0.5) is 0 Å². The molecule has 0 radical (unpaired) electrons. The molecule has 0 atom stereocenters. The first-order chi connectivity index (χ1) is 13.4. The maximum Gasteiger partial charge on any atom is 0.258 e. The van der Waals surface area contributed by atoms with Crippen LogP contribution in [0.15, 0.2) is 40.9 Å². The lowest BCUT2D eigenvalue weighted by Crippen LogP contribution is -2.06. The van der Waals surface area contributed by atoms with Crippen LogP contribution >= 0.6 is 0 Å². The fraction of sp³-hybridized carbons (Fsp3) is 0.333. The van der Waals surface area contributed by atoms with Gasteiger partial charge in [-0.1, -0.05) is 10.4 Å². The molecule has 28 heavy (non-hydrogen) atoms. The molecule has 0 bridgehead atoms. The lowest BCUT2D eigenvalue weighted by Gasteiger charge is -2.12. The van der Waals surface area contributed by atoms with Gasteiger partial charge in [-0.3, -0.25) is 0 Å². The van der Waals surface area contributed by atoms with Gasteiger partial charge in [0.25, 0.3) is 5.89 Å². The Hall–Kier alpha value is -3.22. The highest BCUT2D eigenvalue weighted by molar-refractivity contribution is 5.80. The van der Waals surface area contributed by atoms with Crippen molar-refractivity contribution in [3.05, 3.63) is 42.0 Å². The van der Waals surface area contributed by atoms with Gasteiger partial charge in [0.05, 0.1) is 11.6 Å². The fourth-order valence-electron chi connectivity index (χ4n) is 3.09. The molecule has 144 valence electrons. The summed E-state index contributed by atoms with van der Waals surface area (Å²) in [5.74, 6) is 1.86. The van der Waals surface area contributed by atoms with E-state index in [0.717, 1.165) is 33.5 Å². The van der Waals surface area contributed by atoms with Crippen LogP contribution in [0.5, 0.6) is 5.75 Å². The Morgan fingerprint density at radius 3 is 2.50 bits per heavy atom. The van der Waals surface area contributed by atoms with Gasteiger partial charge in [-0.15, -0.1) is 5.10 Å². The SMILES string of the molecule is Cc1cc(-c2noc(-c3ccc4c(c3)nnn4C(C)C)n2)ccc1OC(C)C. The minimum atomic E-state index is 0.130. The summed E-state index contributed by atoms with van der Waals surface area (Å²) in [5.41, 5.74) is 4.52. The Morgan fingerprint density at radius 1 is 1.00 bits per heavy atom. The Kier molecular flexibility index (Phi) is 4.58. The van der Waals surface area contributed by atoms with Crippen LogP contribution in [0.25, 0.3) is 33.9 Å². The standard InChI is InChI=1S/C21H23N5O2/c1-12(2)26-18-8-6-16(11-17(18)23-25-26)21-22-20(24-28-21)15-7-9-19(14(5)10-15)27-13(3)4/h6-13H,1-5H3. The summed E-state index contributed by atoms with van der Waals surface area (Å²) in [5, 5.41) is 12.6. The highest BCUT2D eigenvalue weighted by Gasteiger charge is 2.15. The van der Waals surface area contributed by atoms with Crippen molar-refractivity contribution < 1.29 is 9.26 Å². The first-order valence-corrected chi connectivity index (χ1v) is 9.39. The molecular formula is C21H23N5O2. The van der Waals surface area contributed by atoms with Gasteiger partial charge in [0, 0.05) is 17.2 Å². The Bertz CT molecular complexity index is 1130. The number of aryl methyl sites for hydroxylation is 1. The summed E-state index contributed by atoms with van der Waals surface area (Å²) >= 11 is 0. The lowest BCUT2D eigenvalue weighted by atomic mass is 10.1. The van der Waals surface area contributed by atoms with Crippen molar-refractivity contribution in [1.82, 2.24) is 25.1 Å². The molecule has 7 nitrogen and oxygen atoms in total. The molecule has 0 N–H and O–H groups in total. The van der Waals surface area contributed by atoms with Crippen LogP contribution in [0, 0.1) is 6.92 Å². The van der Waals surface area contributed by atoms with E-state index in [1.54, 1.807) is 0 Å². The molecule has 0 aliphatic rings. The Balaban J connectivity index is 1.64. The van der Waals surface area contributed by atoms with Gasteiger partial charge in [0.1, 0.15) is 11.3 Å². The fourth-order valence-corrected chi connectivity index (χ4v) is 3.09. The minimum absolute atomic E-state index is 0.130. The molecule has 4 aromatic rings. The van der Waals surface area contributed by atoms with Crippen molar-refractivity contribution >= 4 is 11.0 Å². The van der Waals surface area contributed by atoms with Crippen molar-refractivity contribution in [1.29, 1.82) is 0 Å². The summed E-state index contributed by atoms with van der Waals surface area (Å²) in [4.78, 5) is 4.56. The lowest BCUT2D eigenvalue weighted by molar-refractivity contribution is 0.241. The second-order valence-corrected chi connectivity index (χ2v) is 7.40. The largest absolute Gasteiger partial charge is 0.491 e. The summed E-state index contributed by atoms with van der Waals surface area (Å²) in [6.07, 6.45) is 0.130. The van der Waals surface area contributed by atoms with E-state index in [-0.39, 0.29) is 12.1 Å². The summed E-state index contributed by atoms with van der Waals surface area (Å²) < 4.78 is 13.2. The molecule has 0 fully saturated rings. The monoisotopic (exact) mass is 377 g/mol. The zero-order valence-electron chi connectivity index (χ0n) is 16.7. The number of ether oxygens (including phenoxy) is 1. The molecule has 0 aliphatic heterocycles. The first-order valence-electron chi connectivity index (χ1n) is 9.39. The molecular weight excluding hydrogens is 354 g/mol. The van der Waals surface area contributed by atoms with E-state index in [9.17, 15) is 0 Å². The van der Waals surface area contributed by atoms with Crippen molar-refractivity contribution in [3.63, 3.8) is 0 Å². The smallest absolute Gasteiger partial charge is 0.258 e. The number of nitrogens with zero attached hydrogens (tertiary/aromatic N) is 5. The van der Waals surface area contributed by atoms with E-state index in [4.69, 9.17) is 9.26 Å². The quantitative estimate of drug-likeness (QED) is 0.496. The third-order valence-corrected chi connectivity index (χ3v) is 4.43. The number of rotatable bonds is 5. The average molecular weight is 377 g/mol. The first kappa shape index (κ1) is 18.2. The molecule has 0 saturated carbocycles. The zero-order chi connectivity index (χ0) is 19.8. The van der Waals surface area contributed by atoms with Gasteiger partial charge >= 0.3 is 0 Å².